The van der Waals surface area contributed by atoms with Crippen molar-refractivity contribution in [2.75, 3.05) is 13.1 Å². The minimum atomic E-state index is 0.764. The van der Waals surface area contributed by atoms with E-state index in [1.165, 1.54) is 30.7 Å². The summed E-state index contributed by atoms with van der Waals surface area (Å²) in [6, 6.07) is 8.85. The summed E-state index contributed by atoms with van der Waals surface area (Å²) in [6.07, 6.45) is 3.91. The summed E-state index contributed by atoms with van der Waals surface area (Å²) >= 11 is 2.07. The minimum Gasteiger partial charge on any atom is -0.316 e. The Balaban J connectivity index is 1.63. The first-order chi connectivity index (χ1) is 8.25. The fourth-order valence-corrected chi connectivity index (χ4v) is 3.63. The van der Waals surface area contributed by atoms with Crippen molar-refractivity contribution in [2.24, 2.45) is 5.92 Å². The molecular formula is C15H23NS. The molecule has 1 unspecified atom stereocenters. The quantitative estimate of drug-likeness (QED) is 0.771. The Bertz CT molecular complexity index is 324. The largest absolute Gasteiger partial charge is 0.316 e. The Hall–Kier alpha value is -0.470. The molecule has 0 amide bonds. The number of rotatable bonds is 6. The number of benzene rings is 1. The van der Waals surface area contributed by atoms with Gasteiger partial charge in [0.15, 0.2) is 0 Å². The van der Waals surface area contributed by atoms with Crippen LogP contribution in [0.4, 0.5) is 0 Å². The van der Waals surface area contributed by atoms with Gasteiger partial charge in [-0.2, -0.15) is 0 Å². The molecule has 1 N–H and O–H groups in total. The molecule has 2 rings (SSSR count). The van der Waals surface area contributed by atoms with Crippen LogP contribution >= 0.6 is 11.8 Å². The molecule has 0 aliphatic carbocycles. The van der Waals surface area contributed by atoms with Gasteiger partial charge in [0.25, 0.3) is 0 Å². The number of nitrogens with one attached hydrogen (secondary N) is 1. The Morgan fingerprint density at radius 1 is 1.35 bits per heavy atom. The van der Waals surface area contributed by atoms with Crippen LogP contribution in [0.5, 0.6) is 0 Å². The fraction of sp³-hybridized carbons (Fsp3) is 0.600. The third-order valence-corrected chi connectivity index (χ3v) is 4.53. The smallest absolute Gasteiger partial charge is 0.0136 e. The van der Waals surface area contributed by atoms with Crippen LogP contribution < -0.4 is 5.32 Å². The highest BCUT2D eigenvalue weighted by atomic mass is 32.2. The molecule has 0 bridgehead atoms. The molecule has 0 radical (unpaired) electrons. The predicted octanol–water partition coefficient (Wildman–Crippen LogP) is 3.73. The van der Waals surface area contributed by atoms with Gasteiger partial charge in [-0.3, -0.25) is 0 Å². The van der Waals surface area contributed by atoms with Crippen LogP contribution in [0.1, 0.15) is 32.3 Å². The van der Waals surface area contributed by atoms with Crippen molar-refractivity contribution in [3.63, 3.8) is 0 Å². The summed E-state index contributed by atoms with van der Waals surface area (Å²) in [5, 5.41) is 4.33. The molecule has 1 aliphatic heterocycles. The zero-order chi connectivity index (χ0) is 12.1. The lowest BCUT2D eigenvalue weighted by Gasteiger charge is -2.10. The molecule has 1 nitrogen and oxygen atoms in total. The molecule has 0 saturated carbocycles. The first-order valence-electron chi connectivity index (χ1n) is 6.71. The first kappa shape index (κ1) is 13.0. The van der Waals surface area contributed by atoms with Gasteiger partial charge in [0, 0.05) is 10.1 Å². The number of hydrogen-bond acceptors (Lipinski definition) is 2. The van der Waals surface area contributed by atoms with Crippen LogP contribution in [-0.2, 0) is 6.42 Å². The van der Waals surface area contributed by atoms with Gasteiger partial charge in [0.1, 0.15) is 0 Å². The molecule has 0 spiro atoms. The van der Waals surface area contributed by atoms with Gasteiger partial charge >= 0.3 is 0 Å². The molecule has 1 heterocycles. The van der Waals surface area contributed by atoms with Gasteiger partial charge in [-0.25, -0.2) is 0 Å². The predicted molar refractivity (Wildman–Crippen MR) is 76.7 cm³/mol. The molecule has 0 fully saturated rings. The Morgan fingerprint density at radius 3 is 2.94 bits per heavy atom. The summed E-state index contributed by atoms with van der Waals surface area (Å²) in [7, 11) is 0. The molecule has 0 aromatic heterocycles. The van der Waals surface area contributed by atoms with E-state index in [0.717, 1.165) is 17.7 Å². The molecular weight excluding hydrogens is 226 g/mol. The van der Waals surface area contributed by atoms with Crippen LogP contribution in [0.25, 0.3) is 0 Å². The third-order valence-electron chi connectivity index (χ3n) is 3.15. The van der Waals surface area contributed by atoms with E-state index in [1.807, 2.05) is 0 Å². The van der Waals surface area contributed by atoms with Gasteiger partial charge in [-0.15, -0.1) is 11.8 Å². The van der Waals surface area contributed by atoms with Crippen LogP contribution in [0, 0.1) is 5.92 Å². The van der Waals surface area contributed by atoms with Crippen molar-refractivity contribution < 1.29 is 0 Å². The average molecular weight is 249 g/mol. The standard InChI is InChI=1S/C15H23NS/c1-12(2)11-16-9-5-7-14-10-13-6-3-4-8-15(13)17-14/h3-4,6,8,12,14,16H,5,7,9-11H2,1-2H3. The zero-order valence-corrected chi connectivity index (χ0v) is 11.7. The maximum atomic E-state index is 3.52. The van der Waals surface area contributed by atoms with Gasteiger partial charge in [0.2, 0.25) is 0 Å². The zero-order valence-electron chi connectivity index (χ0n) is 10.9. The highest BCUT2D eigenvalue weighted by Gasteiger charge is 2.20. The summed E-state index contributed by atoms with van der Waals surface area (Å²) in [5.41, 5.74) is 1.55. The lowest BCUT2D eigenvalue weighted by Crippen LogP contribution is -2.21. The van der Waals surface area contributed by atoms with Crippen LogP contribution in [-0.4, -0.2) is 18.3 Å². The Kier molecular flexibility index (Phi) is 4.93. The Labute approximate surface area is 109 Å². The van der Waals surface area contributed by atoms with Crippen molar-refractivity contribution in [3.05, 3.63) is 29.8 Å². The molecule has 2 heteroatoms. The van der Waals surface area contributed by atoms with Crippen LogP contribution in [0.15, 0.2) is 29.2 Å². The van der Waals surface area contributed by atoms with E-state index in [0.29, 0.717) is 0 Å². The topological polar surface area (TPSA) is 12.0 Å². The lowest BCUT2D eigenvalue weighted by molar-refractivity contribution is 0.533. The molecule has 1 aromatic carbocycles. The van der Waals surface area contributed by atoms with Crippen molar-refractivity contribution >= 4 is 11.8 Å². The highest BCUT2D eigenvalue weighted by molar-refractivity contribution is 8.00. The summed E-state index contributed by atoms with van der Waals surface area (Å²) < 4.78 is 0. The minimum absolute atomic E-state index is 0.764. The molecule has 1 atom stereocenters. The number of thioether (sulfide) groups is 1. The van der Waals surface area contributed by atoms with Crippen molar-refractivity contribution in [1.29, 1.82) is 0 Å². The summed E-state index contributed by atoms with van der Waals surface area (Å²) in [4.78, 5) is 1.51. The van der Waals surface area contributed by atoms with E-state index < -0.39 is 0 Å². The van der Waals surface area contributed by atoms with Crippen molar-refractivity contribution in [2.45, 2.75) is 43.3 Å². The van der Waals surface area contributed by atoms with Gasteiger partial charge in [-0.05, 0) is 49.9 Å². The fourth-order valence-electron chi connectivity index (χ4n) is 2.26. The number of fused-ring (bicyclic) bond motifs is 1. The summed E-state index contributed by atoms with van der Waals surface area (Å²) in [5.74, 6) is 0.764. The van der Waals surface area contributed by atoms with E-state index in [4.69, 9.17) is 0 Å². The van der Waals surface area contributed by atoms with Crippen molar-refractivity contribution in [1.82, 2.24) is 5.32 Å². The van der Waals surface area contributed by atoms with Crippen LogP contribution in [0.3, 0.4) is 0 Å². The first-order valence-corrected chi connectivity index (χ1v) is 7.59. The van der Waals surface area contributed by atoms with Gasteiger partial charge in [0.05, 0.1) is 0 Å². The Morgan fingerprint density at radius 2 is 2.18 bits per heavy atom. The molecule has 1 aliphatic rings. The average Bonchev–Trinajstić information content (AvgIpc) is 2.70. The van der Waals surface area contributed by atoms with E-state index >= 15 is 0 Å². The van der Waals surface area contributed by atoms with Crippen molar-refractivity contribution in [3.8, 4) is 0 Å². The number of hydrogen-bond donors (Lipinski definition) is 1. The molecule has 94 valence electrons. The molecule has 17 heavy (non-hydrogen) atoms. The van der Waals surface area contributed by atoms with E-state index in [1.54, 1.807) is 5.56 Å². The maximum Gasteiger partial charge on any atom is 0.0136 e. The normalized spacial score (nSPS) is 18.6. The second kappa shape index (κ2) is 6.46. The molecule has 1 aromatic rings. The van der Waals surface area contributed by atoms with Gasteiger partial charge in [-0.1, -0.05) is 32.0 Å². The second-order valence-electron chi connectivity index (χ2n) is 5.29. The third kappa shape index (κ3) is 4.04. The maximum absolute atomic E-state index is 3.52. The SMILES string of the molecule is CC(C)CNCCCC1Cc2ccccc2S1. The van der Waals surface area contributed by atoms with E-state index in [2.05, 4.69) is 55.2 Å². The van der Waals surface area contributed by atoms with Crippen LogP contribution in [0.2, 0.25) is 0 Å². The lowest BCUT2D eigenvalue weighted by atomic mass is 10.1. The second-order valence-corrected chi connectivity index (χ2v) is 6.63. The van der Waals surface area contributed by atoms with Gasteiger partial charge < -0.3 is 5.32 Å². The van der Waals surface area contributed by atoms with E-state index in [9.17, 15) is 0 Å². The summed E-state index contributed by atoms with van der Waals surface area (Å²) in [6.45, 7) is 6.84. The molecule has 0 saturated heterocycles. The monoisotopic (exact) mass is 249 g/mol. The highest BCUT2D eigenvalue weighted by Crippen LogP contribution is 2.38. The van der Waals surface area contributed by atoms with E-state index in [-0.39, 0.29) is 0 Å².